The molecule has 0 radical (unpaired) electrons. The van der Waals surface area contributed by atoms with Gasteiger partial charge >= 0.3 is 0 Å². The lowest BCUT2D eigenvalue weighted by Gasteiger charge is -2.13. The Morgan fingerprint density at radius 3 is 2.67 bits per heavy atom. The van der Waals surface area contributed by atoms with Crippen molar-refractivity contribution in [3.8, 4) is 0 Å². The van der Waals surface area contributed by atoms with Crippen LogP contribution in [0.4, 0.5) is 5.69 Å². The van der Waals surface area contributed by atoms with Crippen molar-refractivity contribution in [2.75, 3.05) is 18.4 Å². The lowest BCUT2D eigenvalue weighted by molar-refractivity contribution is -0.115. The number of benzene rings is 1. The van der Waals surface area contributed by atoms with Gasteiger partial charge in [-0.1, -0.05) is 30.7 Å². The molecule has 0 spiro atoms. The van der Waals surface area contributed by atoms with Gasteiger partial charge in [0.05, 0.1) is 6.54 Å². The van der Waals surface area contributed by atoms with Gasteiger partial charge in [-0.3, -0.25) is 4.79 Å². The maximum absolute atomic E-state index is 11.8. The van der Waals surface area contributed by atoms with E-state index in [2.05, 4.69) is 35.8 Å². The highest BCUT2D eigenvalue weighted by Crippen LogP contribution is 2.19. The molecule has 1 aliphatic carbocycles. The fraction of sp³-hybridized carbons (Fsp3) is 0.500. The van der Waals surface area contributed by atoms with Crippen LogP contribution in [0.2, 0.25) is 0 Å². The molecule has 3 nitrogen and oxygen atoms in total. The average Bonchev–Trinajstić information content (AvgIpc) is 2.53. The summed E-state index contributed by atoms with van der Waals surface area (Å²) in [7, 11) is 0. The van der Waals surface area contributed by atoms with E-state index in [0.717, 1.165) is 25.1 Å². The van der Waals surface area contributed by atoms with Crippen LogP contribution in [0.15, 0.2) is 35.9 Å². The summed E-state index contributed by atoms with van der Waals surface area (Å²) in [6.45, 7) is 3.39. The molecule has 0 heterocycles. The van der Waals surface area contributed by atoms with Crippen LogP contribution < -0.4 is 10.6 Å². The quantitative estimate of drug-likeness (QED) is 0.593. The summed E-state index contributed by atoms with van der Waals surface area (Å²) in [6, 6.07) is 8.03. The summed E-state index contributed by atoms with van der Waals surface area (Å²) in [5, 5.41) is 6.14. The van der Waals surface area contributed by atoms with Crippen molar-refractivity contribution in [3.63, 3.8) is 0 Å². The molecular formula is C18H26N2O. The number of amides is 1. The monoisotopic (exact) mass is 286 g/mol. The Balaban J connectivity index is 1.63. The molecule has 0 atom stereocenters. The van der Waals surface area contributed by atoms with Gasteiger partial charge in [0.2, 0.25) is 5.91 Å². The summed E-state index contributed by atoms with van der Waals surface area (Å²) in [5.74, 6) is 0.0249. The van der Waals surface area contributed by atoms with Gasteiger partial charge in [0.1, 0.15) is 0 Å². The van der Waals surface area contributed by atoms with Crippen LogP contribution in [0.5, 0.6) is 0 Å². The second-order valence-corrected chi connectivity index (χ2v) is 5.63. The second-order valence-electron chi connectivity index (χ2n) is 5.63. The van der Waals surface area contributed by atoms with Gasteiger partial charge in [0.15, 0.2) is 0 Å². The maximum Gasteiger partial charge on any atom is 0.238 e. The molecule has 1 aromatic carbocycles. The second kappa shape index (κ2) is 8.63. The number of hydrogen-bond acceptors (Lipinski definition) is 2. The standard InChI is InChI=1S/C18H26N2O/c1-2-15-8-10-17(11-9-15)20-18(21)14-19-13-12-16-6-4-3-5-7-16/h6,8-11,19H,2-5,7,12-14H2,1H3,(H,20,21). The number of rotatable bonds is 7. The van der Waals surface area contributed by atoms with Gasteiger partial charge in [-0.25, -0.2) is 0 Å². The predicted molar refractivity (Wildman–Crippen MR) is 88.5 cm³/mol. The Morgan fingerprint density at radius 2 is 2.00 bits per heavy atom. The highest BCUT2D eigenvalue weighted by Gasteiger charge is 2.05. The molecule has 0 bridgehead atoms. The van der Waals surface area contributed by atoms with Crippen LogP contribution in [0.25, 0.3) is 0 Å². The van der Waals surface area contributed by atoms with Crippen LogP contribution in [0.1, 0.15) is 44.6 Å². The van der Waals surface area contributed by atoms with Gasteiger partial charge in [0, 0.05) is 5.69 Å². The van der Waals surface area contributed by atoms with Crippen LogP contribution in [0.3, 0.4) is 0 Å². The molecule has 0 saturated carbocycles. The first-order valence-corrected chi connectivity index (χ1v) is 8.05. The third kappa shape index (κ3) is 5.72. The van der Waals surface area contributed by atoms with Crippen LogP contribution in [-0.4, -0.2) is 19.0 Å². The zero-order chi connectivity index (χ0) is 14.9. The Bertz CT molecular complexity index is 476. The van der Waals surface area contributed by atoms with Crippen LogP contribution >= 0.6 is 0 Å². The molecule has 21 heavy (non-hydrogen) atoms. The van der Waals surface area contributed by atoms with Crippen molar-refractivity contribution in [2.24, 2.45) is 0 Å². The first kappa shape index (κ1) is 15.8. The van der Waals surface area contributed by atoms with Crippen molar-refractivity contribution < 1.29 is 4.79 Å². The average molecular weight is 286 g/mol. The lowest BCUT2D eigenvalue weighted by Crippen LogP contribution is -2.29. The molecule has 114 valence electrons. The number of allylic oxidation sites excluding steroid dienone is 1. The molecule has 1 amide bonds. The molecule has 2 N–H and O–H groups in total. The lowest BCUT2D eigenvalue weighted by atomic mass is 9.97. The Hall–Kier alpha value is -1.61. The molecular weight excluding hydrogens is 260 g/mol. The number of hydrogen-bond donors (Lipinski definition) is 2. The zero-order valence-corrected chi connectivity index (χ0v) is 13.0. The maximum atomic E-state index is 11.8. The van der Waals surface area contributed by atoms with E-state index in [9.17, 15) is 4.79 Å². The van der Waals surface area contributed by atoms with E-state index in [0.29, 0.717) is 6.54 Å². The zero-order valence-electron chi connectivity index (χ0n) is 13.0. The van der Waals surface area contributed by atoms with Gasteiger partial charge in [-0.15, -0.1) is 0 Å². The highest BCUT2D eigenvalue weighted by atomic mass is 16.1. The summed E-state index contributed by atoms with van der Waals surface area (Å²) in [5.41, 5.74) is 3.70. The molecule has 3 heteroatoms. The van der Waals surface area contributed by atoms with E-state index in [1.54, 1.807) is 5.57 Å². The van der Waals surface area contributed by atoms with E-state index in [1.165, 1.54) is 31.2 Å². The van der Waals surface area contributed by atoms with Gasteiger partial charge in [-0.05, 0) is 62.8 Å². The van der Waals surface area contributed by atoms with Gasteiger partial charge in [0.25, 0.3) is 0 Å². The number of carbonyl (C=O) groups excluding carboxylic acids is 1. The summed E-state index contributed by atoms with van der Waals surface area (Å²) in [6.07, 6.45) is 9.56. The van der Waals surface area contributed by atoms with E-state index in [1.807, 2.05) is 12.1 Å². The molecule has 0 unspecified atom stereocenters. The molecule has 0 saturated heterocycles. The molecule has 0 aromatic heterocycles. The third-order valence-corrected chi connectivity index (χ3v) is 3.94. The van der Waals surface area contributed by atoms with Crippen molar-refractivity contribution in [1.82, 2.24) is 5.32 Å². The van der Waals surface area contributed by atoms with Crippen LogP contribution in [-0.2, 0) is 11.2 Å². The van der Waals surface area contributed by atoms with E-state index in [4.69, 9.17) is 0 Å². The largest absolute Gasteiger partial charge is 0.325 e. The number of aryl methyl sites for hydroxylation is 1. The fourth-order valence-electron chi connectivity index (χ4n) is 2.61. The molecule has 0 aliphatic heterocycles. The highest BCUT2D eigenvalue weighted by molar-refractivity contribution is 5.92. The molecule has 1 aliphatic rings. The molecule has 1 aromatic rings. The van der Waals surface area contributed by atoms with E-state index in [-0.39, 0.29) is 5.91 Å². The topological polar surface area (TPSA) is 41.1 Å². The Morgan fingerprint density at radius 1 is 1.19 bits per heavy atom. The summed E-state index contributed by atoms with van der Waals surface area (Å²) >= 11 is 0. The van der Waals surface area contributed by atoms with Gasteiger partial charge < -0.3 is 10.6 Å². The van der Waals surface area contributed by atoms with Crippen molar-refractivity contribution in [2.45, 2.75) is 45.4 Å². The smallest absolute Gasteiger partial charge is 0.238 e. The fourth-order valence-corrected chi connectivity index (χ4v) is 2.61. The predicted octanol–water partition coefficient (Wildman–Crippen LogP) is 3.67. The number of carbonyl (C=O) groups is 1. The minimum absolute atomic E-state index is 0.0249. The van der Waals surface area contributed by atoms with Crippen molar-refractivity contribution in [3.05, 3.63) is 41.5 Å². The Labute approximate surface area is 127 Å². The third-order valence-electron chi connectivity index (χ3n) is 3.94. The van der Waals surface area contributed by atoms with Crippen molar-refractivity contribution in [1.29, 1.82) is 0 Å². The molecule has 2 rings (SSSR count). The minimum atomic E-state index is 0.0249. The number of nitrogens with one attached hydrogen (secondary N) is 2. The van der Waals surface area contributed by atoms with Crippen molar-refractivity contribution >= 4 is 11.6 Å². The van der Waals surface area contributed by atoms with Gasteiger partial charge in [-0.2, -0.15) is 0 Å². The minimum Gasteiger partial charge on any atom is -0.325 e. The van der Waals surface area contributed by atoms with E-state index < -0.39 is 0 Å². The summed E-state index contributed by atoms with van der Waals surface area (Å²) in [4.78, 5) is 11.8. The van der Waals surface area contributed by atoms with E-state index >= 15 is 0 Å². The molecule has 0 fully saturated rings. The van der Waals surface area contributed by atoms with Crippen LogP contribution in [0, 0.1) is 0 Å². The summed E-state index contributed by atoms with van der Waals surface area (Å²) < 4.78 is 0. The first-order valence-electron chi connectivity index (χ1n) is 8.05. The normalized spacial score (nSPS) is 14.6. The Kier molecular flexibility index (Phi) is 6.48. The first-order chi connectivity index (χ1) is 10.3. The number of anilines is 1. The SMILES string of the molecule is CCc1ccc(NC(=O)CNCCC2=CCCCC2)cc1.